The van der Waals surface area contributed by atoms with Gasteiger partial charge in [-0.05, 0) is 30.1 Å². The Hall–Kier alpha value is 0.280. The standard InChI is InChI=1S/C13H23Cl2N/c1-12(2)5-11(6-13(3,4)9-12)16-8-10(15)7-14/h7,11,16H,5-6,8-9H2,1-4H3. The lowest BCUT2D eigenvalue weighted by Gasteiger charge is -2.45. The van der Waals surface area contributed by atoms with Crippen molar-refractivity contribution in [2.24, 2.45) is 10.8 Å². The van der Waals surface area contributed by atoms with Gasteiger partial charge in [-0.2, -0.15) is 0 Å². The maximum Gasteiger partial charge on any atom is 0.0431 e. The van der Waals surface area contributed by atoms with E-state index in [1.807, 2.05) is 0 Å². The SMILES string of the molecule is CC1(C)CC(NCC(Cl)=CCl)CC(C)(C)C1. The molecule has 0 saturated heterocycles. The van der Waals surface area contributed by atoms with E-state index in [0.717, 1.165) is 0 Å². The molecule has 3 heteroatoms. The van der Waals surface area contributed by atoms with Crippen LogP contribution in [0, 0.1) is 10.8 Å². The first-order chi connectivity index (χ1) is 7.24. The molecule has 0 aromatic rings. The van der Waals surface area contributed by atoms with Gasteiger partial charge in [0, 0.05) is 23.2 Å². The topological polar surface area (TPSA) is 12.0 Å². The normalized spacial score (nSPS) is 25.8. The summed E-state index contributed by atoms with van der Waals surface area (Å²) in [5.74, 6) is 0. The maximum absolute atomic E-state index is 5.89. The smallest absolute Gasteiger partial charge is 0.0431 e. The van der Waals surface area contributed by atoms with E-state index in [-0.39, 0.29) is 0 Å². The van der Waals surface area contributed by atoms with Crippen molar-refractivity contribution in [3.05, 3.63) is 10.6 Å². The van der Waals surface area contributed by atoms with Crippen molar-refractivity contribution in [2.45, 2.75) is 53.0 Å². The zero-order valence-corrected chi connectivity index (χ0v) is 12.3. The Kier molecular flexibility index (Phi) is 4.74. The van der Waals surface area contributed by atoms with E-state index in [4.69, 9.17) is 23.2 Å². The molecule has 0 aromatic heterocycles. The Morgan fingerprint density at radius 1 is 1.25 bits per heavy atom. The van der Waals surface area contributed by atoms with Crippen LogP contribution in [0.2, 0.25) is 0 Å². The molecule has 1 aliphatic rings. The fraction of sp³-hybridized carbons (Fsp3) is 0.846. The molecule has 0 aliphatic heterocycles. The summed E-state index contributed by atoms with van der Waals surface area (Å²) >= 11 is 11.4. The van der Waals surface area contributed by atoms with Crippen LogP contribution < -0.4 is 5.32 Å². The van der Waals surface area contributed by atoms with Crippen molar-refractivity contribution in [2.75, 3.05) is 6.54 Å². The average molecular weight is 264 g/mol. The molecular formula is C13H23Cl2N. The van der Waals surface area contributed by atoms with Crippen molar-refractivity contribution in [3.63, 3.8) is 0 Å². The Labute approximate surface area is 110 Å². The first-order valence-electron chi connectivity index (χ1n) is 5.92. The van der Waals surface area contributed by atoms with Gasteiger partial charge in [0.15, 0.2) is 0 Å². The summed E-state index contributed by atoms with van der Waals surface area (Å²) in [6.07, 6.45) is 3.71. The minimum Gasteiger partial charge on any atom is -0.309 e. The van der Waals surface area contributed by atoms with E-state index in [1.165, 1.54) is 24.8 Å². The van der Waals surface area contributed by atoms with Gasteiger partial charge in [-0.25, -0.2) is 0 Å². The number of nitrogens with one attached hydrogen (secondary N) is 1. The second-order valence-corrected chi connectivity index (χ2v) is 7.25. The molecule has 94 valence electrons. The molecule has 1 N–H and O–H groups in total. The number of rotatable bonds is 3. The van der Waals surface area contributed by atoms with E-state index in [2.05, 4.69) is 33.0 Å². The van der Waals surface area contributed by atoms with Crippen LogP contribution in [0.25, 0.3) is 0 Å². The summed E-state index contributed by atoms with van der Waals surface area (Å²) in [6.45, 7) is 10.1. The Balaban J connectivity index is 2.54. The number of hydrogen-bond acceptors (Lipinski definition) is 1. The Morgan fingerprint density at radius 3 is 2.19 bits per heavy atom. The molecule has 0 unspecified atom stereocenters. The Morgan fingerprint density at radius 2 is 1.75 bits per heavy atom. The monoisotopic (exact) mass is 263 g/mol. The largest absolute Gasteiger partial charge is 0.309 e. The molecule has 1 rings (SSSR count). The van der Waals surface area contributed by atoms with Gasteiger partial charge in [-0.15, -0.1) is 0 Å². The second-order valence-electron chi connectivity index (χ2n) is 6.55. The van der Waals surface area contributed by atoms with Crippen LogP contribution in [0.4, 0.5) is 0 Å². The highest BCUT2D eigenvalue weighted by atomic mass is 35.5. The Bertz CT molecular complexity index is 253. The first kappa shape index (κ1) is 14.3. The molecule has 1 saturated carbocycles. The lowest BCUT2D eigenvalue weighted by molar-refractivity contribution is 0.0865. The van der Waals surface area contributed by atoms with Crippen LogP contribution in [0.1, 0.15) is 47.0 Å². The molecule has 0 radical (unpaired) electrons. The zero-order valence-electron chi connectivity index (χ0n) is 10.7. The van der Waals surface area contributed by atoms with E-state index in [0.29, 0.717) is 28.4 Å². The van der Waals surface area contributed by atoms with Crippen LogP contribution in [0.15, 0.2) is 10.6 Å². The predicted octanol–water partition coefficient (Wildman–Crippen LogP) is 4.50. The predicted molar refractivity (Wildman–Crippen MR) is 73.0 cm³/mol. The summed E-state index contributed by atoms with van der Waals surface area (Å²) in [7, 11) is 0. The van der Waals surface area contributed by atoms with Gasteiger partial charge in [0.1, 0.15) is 0 Å². The highest BCUT2D eigenvalue weighted by molar-refractivity contribution is 6.36. The summed E-state index contributed by atoms with van der Waals surface area (Å²) in [5.41, 5.74) is 2.26. The van der Waals surface area contributed by atoms with Crippen LogP contribution in [-0.2, 0) is 0 Å². The third-order valence-electron chi connectivity index (χ3n) is 3.23. The quantitative estimate of drug-likeness (QED) is 0.791. The van der Waals surface area contributed by atoms with Crippen molar-refractivity contribution >= 4 is 23.2 Å². The molecule has 0 heterocycles. The van der Waals surface area contributed by atoms with E-state index in [9.17, 15) is 0 Å². The van der Waals surface area contributed by atoms with Crippen LogP contribution >= 0.6 is 23.2 Å². The molecule has 0 bridgehead atoms. The maximum atomic E-state index is 5.89. The average Bonchev–Trinajstić information content (AvgIpc) is 2.09. The van der Waals surface area contributed by atoms with E-state index >= 15 is 0 Å². The van der Waals surface area contributed by atoms with Crippen LogP contribution in [0.3, 0.4) is 0 Å². The van der Waals surface area contributed by atoms with Crippen LogP contribution in [-0.4, -0.2) is 12.6 Å². The molecule has 0 atom stereocenters. The summed E-state index contributed by atoms with van der Waals surface area (Å²) < 4.78 is 0. The first-order valence-corrected chi connectivity index (χ1v) is 6.74. The van der Waals surface area contributed by atoms with Gasteiger partial charge in [-0.1, -0.05) is 50.9 Å². The van der Waals surface area contributed by atoms with Crippen molar-refractivity contribution in [1.29, 1.82) is 0 Å². The van der Waals surface area contributed by atoms with Crippen molar-refractivity contribution in [1.82, 2.24) is 5.32 Å². The molecule has 16 heavy (non-hydrogen) atoms. The third kappa shape index (κ3) is 4.65. The lowest BCUT2D eigenvalue weighted by atomic mass is 9.63. The van der Waals surface area contributed by atoms with Gasteiger partial charge in [0.25, 0.3) is 0 Å². The highest BCUT2D eigenvalue weighted by Gasteiger charge is 2.38. The van der Waals surface area contributed by atoms with E-state index < -0.39 is 0 Å². The highest BCUT2D eigenvalue weighted by Crippen LogP contribution is 2.45. The molecule has 1 fully saturated rings. The van der Waals surface area contributed by atoms with Gasteiger partial charge < -0.3 is 5.32 Å². The summed E-state index contributed by atoms with van der Waals surface area (Å²) in [6, 6.07) is 0.545. The molecule has 1 aliphatic carbocycles. The number of hydrogen-bond donors (Lipinski definition) is 1. The molecule has 0 aromatic carbocycles. The van der Waals surface area contributed by atoms with Gasteiger partial charge in [-0.3, -0.25) is 0 Å². The lowest BCUT2D eigenvalue weighted by Crippen LogP contribution is -2.44. The van der Waals surface area contributed by atoms with Gasteiger partial charge in [0.2, 0.25) is 0 Å². The fourth-order valence-electron chi connectivity index (χ4n) is 3.27. The van der Waals surface area contributed by atoms with Gasteiger partial charge >= 0.3 is 0 Å². The summed E-state index contributed by atoms with van der Waals surface area (Å²) in [4.78, 5) is 0. The molecule has 0 spiro atoms. The van der Waals surface area contributed by atoms with Crippen molar-refractivity contribution in [3.8, 4) is 0 Å². The minimum atomic E-state index is 0.413. The number of halogens is 2. The van der Waals surface area contributed by atoms with Gasteiger partial charge in [0.05, 0.1) is 0 Å². The summed E-state index contributed by atoms with van der Waals surface area (Å²) in [5, 5.41) is 4.18. The molecular weight excluding hydrogens is 241 g/mol. The van der Waals surface area contributed by atoms with Crippen LogP contribution in [0.5, 0.6) is 0 Å². The van der Waals surface area contributed by atoms with E-state index in [1.54, 1.807) is 0 Å². The molecule has 1 nitrogen and oxygen atoms in total. The third-order valence-corrected chi connectivity index (χ3v) is 3.85. The van der Waals surface area contributed by atoms with Crippen molar-refractivity contribution < 1.29 is 0 Å². The fourth-order valence-corrected chi connectivity index (χ4v) is 3.43. The zero-order chi connectivity index (χ0) is 12.4. The minimum absolute atomic E-state index is 0.413. The second kappa shape index (κ2) is 5.29. The molecule has 0 amide bonds.